The molecule has 0 atom stereocenters. The maximum absolute atomic E-state index is 4.38. The Balaban J connectivity index is 2.32. The van der Waals surface area contributed by atoms with Crippen molar-refractivity contribution in [3.8, 4) is 11.3 Å². The van der Waals surface area contributed by atoms with Gasteiger partial charge in [0.05, 0.1) is 0 Å². The van der Waals surface area contributed by atoms with Gasteiger partial charge in [-0.25, -0.2) is 0 Å². The Labute approximate surface area is 82.7 Å². The van der Waals surface area contributed by atoms with E-state index in [1.165, 1.54) is 14.4 Å². The van der Waals surface area contributed by atoms with Gasteiger partial charge in [0, 0.05) is 0 Å². The van der Waals surface area contributed by atoms with Gasteiger partial charge in [-0.15, -0.1) is 0 Å². The van der Waals surface area contributed by atoms with Gasteiger partial charge in [-0.2, -0.15) is 0 Å². The minimum atomic E-state index is 0.0770. The van der Waals surface area contributed by atoms with E-state index < -0.39 is 0 Å². The second kappa shape index (κ2) is 2.68. The maximum atomic E-state index is 4.38. The predicted octanol–water partition coefficient (Wildman–Crippen LogP) is 0.112. The Morgan fingerprint density at radius 1 is 1.00 bits per heavy atom. The molecule has 1 aliphatic heterocycles. The zero-order chi connectivity index (χ0) is 8.67. The van der Waals surface area contributed by atoms with Crippen LogP contribution in [0.4, 0.5) is 0 Å². The summed E-state index contributed by atoms with van der Waals surface area (Å²) in [6.45, 7) is 0. The molecule has 3 rings (SSSR count). The monoisotopic (exact) mass is 229 g/mol. The number of nitrogens with zero attached hydrogens (tertiary/aromatic N) is 2. The van der Waals surface area contributed by atoms with Crippen LogP contribution in [0.5, 0.6) is 0 Å². The summed E-state index contributed by atoms with van der Waals surface area (Å²) < 4.78 is 2.62. The van der Waals surface area contributed by atoms with Gasteiger partial charge >= 0.3 is 82.5 Å². The summed E-state index contributed by atoms with van der Waals surface area (Å²) in [5.41, 5.74) is 2.38. The van der Waals surface area contributed by atoms with Crippen LogP contribution in [0.25, 0.3) is 11.3 Å². The molecule has 61 valence electrons. The van der Waals surface area contributed by atoms with Gasteiger partial charge in [-0.1, -0.05) is 0 Å². The quantitative estimate of drug-likeness (QED) is 0.511. The van der Waals surface area contributed by atoms with E-state index in [9.17, 15) is 0 Å². The van der Waals surface area contributed by atoms with Crippen LogP contribution in [0, 0.1) is 0 Å². The summed E-state index contributed by atoms with van der Waals surface area (Å²) in [6.07, 6.45) is 3.71. The third-order valence-corrected chi connectivity index (χ3v) is 4.51. The van der Waals surface area contributed by atoms with Crippen LogP contribution in [0.2, 0.25) is 0 Å². The van der Waals surface area contributed by atoms with Crippen molar-refractivity contribution >= 4 is 24.6 Å². The Hall–Kier alpha value is -1.14. The molecule has 0 bridgehead atoms. The van der Waals surface area contributed by atoms with Crippen molar-refractivity contribution in [3.63, 3.8) is 0 Å². The van der Waals surface area contributed by atoms with Crippen molar-refractivity contribution < 1.29 is 0 Å². The number of rotatable bonds is 0. The fourth-order valence-corrected chi connectivity index (χ4v) is 3.78. The minimum absolute atomic E-state index is 0.0770. The molecule has 0 amide bonds. The molecule has 0 spiro atoms. The van der Waals surface area contributed by atoms with Gasteiger partial charge in [0.25, 0.3) is 0 Å². The molecule has 0 fully saturated rings. The molecule has 2 nitrogen and oxygen atoms in total. The van der Waals surface area contributed by atoms with Crippen molar-refractivity contribution in [3.05, 3.63) is 36.7 Å². The van der Waals surface area contributed by atoms with Crippen LogP contribution >= 0.6 is 0 Å². The topological polar surface area (TPSA) is 25.8 Å². The molecule has 0 saturated carbocycles. The number of aromatic nitrogens is 2. The van der Waals surface area contributed by atoms with Gasteiger partial charge in [0.1, 0.15) is 0 Å². The second-order valence-electron chi connectivity index (χ2n) is 2.86. The molecular weight excluding hydrogens is 223 g/mol. The molecular formula is C10H6AsN2. The first-order valence-electron chi connectivity index (χ1n) is 4.07. The second-order valence-corrected chi connectivity index (χ2v) is 5.23. The number of hydrogen-bond acceptors (Lipinski definition) is 2. The Morgan fingerprint density at radius 2 is 1.85 bits per heavy atom. The molecule has 3 heteroatoms. The van der Waals surface area contributed by atoms with E-state index in [0.29, 0.717) is 0 Å². The predicted molar refractivity (Wildman–Crippen MR) is 52.5 cm³/mol. The molecule has 13 heavy (non-hydrogen) atoms. The van der Waals surface area contributed by atoms with E-state index in [4.69, 9.17) is 0 Å². The first-order chi connectivity index (χ1) is 6.45. The van der Waals surface area contributed by atoms with E-state index >= 15 is 0 Å². The molecule has 0 aliphatic carbocycles. The van der Waals surface area contributed by atoms with Crippen molar-refractivity contribution in [1.82, 2.24) is 9.97 Å². The van der Waals surface area contributed by atoms with Crippen molar-refractivity contribution in [2.24, 2.45) is 0 Å². The summed E-state index contributed by atoms with van der Waals surface area (Å²) in [6, 6.07) is 8.24. The van der Waals surface area contributed by atoms with Crippen LogP contribution in [0.15, 0.2) is 36.7 Å². The molecule has 1 aliphatic rings. The molecule has 0 aromatic carbocycles. The Kier molecular flexibility index (Phi) is 1.50. The summed E-state index contributed by atoms with van der Waals surface area (Å²) in [5, 5.41) is 0. The number of hydrogen-bond donors (Lipinski definition) is 0. The zero-order valence-electron chi connectivity index (χ0n) is 6.81. The molecule has 0 N–H and O–H groups in total. The molecule has 0 saturated heterocycles. The van der Waals surface area contributed by atoms with Crippen LogP contribution in [-0.4, -0.2) is 25.7 Å². The fourth-order valence-electron chi connectivity index (χ4n) is 1.48. The molecule has 1 radical (unpaired) electrons. The van der Waals surface area contributed by atoms with E-state index in [1.807, 2.05) is 24.5 Å². The molecule has 2 aromatic heterocycles. The van der Waals surface area contributed by atoms with Crippen molar-refractivity contribution in [2.45, 2.75) is 0 Å². The van der Waals surface area contributed by atoms with E-state index in [2.05, 4.69) is 22.1 Å². The number of pyridine rings is 2. The summed E-state index contributed by atoms with van der Waals surface area (Å²) in [5.74, 6) is 0. The van der Waals surface area contributed by atoms with E-state index in [-0.39, 0.29) is 15.8 Å². The van der Waals surface area contributed by atoms with Gasteiger partial charge in [0.15, 0.2) is 0 Å². The van der Waals surface area contributed by atoms with Gasteiger partial charge in [0.2, 0.25) is 0 Å². The van der Waals surface area contributed by atoms with E-state index in [1.54, 1.807) is 0 Å². The van der Waals surface area contributed by atoms with Gasteiger partial charge in [-0.3, -0.25) is 0 Å². The third-order valence-electron chi connectivity index (χ3n) is 2.05. The van der Waals surface area contributed by atoms with Crippen LogP contribution < -0.4 is 8.83 Å². The average Bonchev–Trinajstić information content (AvgIpc) is 2.56. The molecule has 0 unspecified atom stereocenters. The SMILES string of the molecule is c1cnc2c(c1)[As]c1ncccc1-2. The van der Waals surface area contributed by atoms with Crippen molar-refractivity contribution in [2.75, 3.05) is 0 Å². The number of fused-ring (bicyclic) bond motifs is 3. The van der Waals surface area contributed by atoms with Gasteiger partial charge < -0.3 is 0 Å². The van der Waals surface area contributed by atoms with Crippen LogP contribution in [-0.2, 0) is 0 Å². The zero-order valence-corrected chi connectivity index (χ0v) is 8.68. The van der Waals surface area contributed by atoms with Gasteiger partial charge in [-0.05, 0) is 0 Å². The van der Waals surface area contributed by atoms with E-state index in [0.717, 1.165) is 5.69 Å². The summed E-state index contributed by atoms with van der Waals surface area (Å²) >= 11 is 0.0770. The Morgan fingerprint density at radius 3 is 2.85 bits per heavy atom. The van der Waals surface area contributed by atoms with Crippen molar-refractivity contribution in [1.29, 1.82) is 0 Å². The standard InChI is InChI=1S/C10H6AsN2/c1-3-7-9-8(4-2-5-12-9)11-10(7)13-6-1/h1-6H. The molecule has 3 heterocycles. The average molecular weight is 229 g/mol. The Bertz CT molecular complexity index is 424. The normalized spacial score (nSPS) is 14.2. The third kappa shape index (κ3) is 1.02. The fraction of sp³-hybridized carbons (Fsp3) is 0. The summed E-state index contributed by atoms with van der Waals surface area (Å²) in [4.78, 5) is 8.76. The first kappa shape index (κ1) is 7.28. The van der Waals surface area contributed by atoms with Crippen LogP contribution in [0.1, 0.15) is 0 Å². The van der Waals surface area contributed by atoms with Crippen LogP contribution in [0.3, 0.4) is 0 Å². The first-order valence-corrected chi connectivity index (χ1v) is 5.95. The molecule has 2 aromatic rings. The summed E-state index contributed by atoms with van der Waals surface area (Å²) in [7, 11) is 0.